The van der Waals surface area contributed by atoms with Crippen molar-refractivity contribution in [2.45, 2.75) is 44.8 Å². The van der Waals surface area contributed by atoms with Crippen molar-refractivity contribution >= 4 is 27.9 Å². The molecule has 2 N–H and O–H groups in total. The number of rotatable bonds is 4. The van der Waals surface area contributed by atoms with Gasteiger partial charge in [0.25, 0.3) is 0 Å². The number of hydrogen-bond acceptors (Lipinski definition) is 4. The first-order chi connectivity index (χ1) is 12.0. The molecule has 7 heteroatoms. The van der Waals surface area contributed by atoms with Gasteiger partial charge in [-0.3, -0.25) is 0 Å². The minimum Gasteiger partial charge on any atom is -0.496 e. The van der Waals surface area contributed by atoms with Gasteiger partial charge in [-0.05, 0) is 66.2 Å². The Bertz CT molecular complexity index is 726. The highest BCUT2D eigenvalue weighted by Crippen LogP contribution is 2.34. The predicted octanol–water partition coefficient (Wildman–Crippen LogP) is 3.57. The van der Waals surface area contributed by atoms with E-state index in [9.17, 15) is 9.59 Å². The van der Waals surface area contributed by atoms with Gasteiger partial charge in [0.15, 0.2) is 0 Å². The lowest BCUT2D eigenvalue weighted by Crippen LogP contribution is -2.45. The Hall–Kier alpha value is -2.02. The molecule has 134 valence electrons. The quantitative estimate of drug-likeness (QED) is 0.746. The molecule has 1 aliphatic heterocycles. The molecule has 1 unspecified atom stereocenters. The van der Waals surface area contributed by atoms with Crippen molar-refractivity contribution in [3.05, 3.63) is 39.5 Å². The normalized spacial score (nSPS) is 20.9. The van der Waals surface area contributed by atoms with Gasteiger partial charge in [0, 0.05) is 5.70 Å². The molecule has 2 aliphatic rings. The summed E-state index contributed by atoms with van der Waals surface area (Å²) in [6, 6.07) is 4.56. The van der Waals surface area contributed by atoms with Gasteiger partial charge in [0.1, 0.15) is 11.9 Å². The lowest BCUT2D eigenvalue weighted by atomic mass is 9.95. The fraction of sp³-hybridized carbons (Fsp3) is 0.444. The van der Waals surface area contributed by atoms with Gasteiger partial charge < -0.3 is 20.1 Å². The molecule has 0 saturated heterocycles. The molecule has 6 nitrogen and oxygen atoms in total. The Morgan fingerprint density at radius 2 is 2.00 bits per heavy atom. The second-order valence-corrected chi connectivity index (χ2v) is 7.13. The van der Waals surface area contributed by atoms with Gasteiger partial charge in [-0.15, -0.1) is 0 Å². The first-order valence-corrected chi connectivity index (χ1v) is 9.11. The largest absolute Gasteiger partial charge is 0.496 e. The number of halogens is 1. The van der Waals surface area contributed by atoms with Gasteiger partial charge in [0.05, 0.1) is 23.2 Å². The molecule has 1 aliphatic carbocycles. The number of ether oxygens (including phenoxy) is 2. The highest BCUT2D eigenvalue weighted by Gasteiger charge is 2.34. The molecule has 1 heterocycles. The van der Waals surface area contributed by atoms with E-state index >= 15 is 0 Å². The van der Waals surface area contributed by atoms with Crippen molar-refractivity contribution in [1.29, 1.82) is 0 Å². The van der Waals surface area contributed by atoms with Crippen molar-refractivity contribution < 1.29 is 19.1 Å². The SMILES string of the molecule is COc1ccc(C2NC(=O)NC(C)=C2C(=O)OC2CCCC2)cc1Br. The van der Waals surface area contributed by atoms with Crippen LogP contribution >= 0.6 is 15.9 Å². The molecule has 1 aromatic rings. The molecular weight excluding hydrogens is 388 g/mol. The van der Waals surface area contributed by atoms with Crippen LogP contribution in [0.1, 0.15) is 44.2 Å². The van der Waals surface area contributed by atoms with Crippen molar-refractivity contribution in [2.75, 3.05) is 7.11 Å². The van der Waals surface area contributed by atoms with Crippen LogP contribution in [-0.2, 0) is 9.53 Å². The van der Waals surface area contributed by atoms with Gasteiger partial charge in [-0.25, -0.2) is 9.59 Å². The summed E-state index contributed by atoms with van der Waals surface area (Å²) in [5, 5.41) is 5.48. The summed E-state index contributed by atoms with van der Waals surface area (Å²) in [6.07, 6.45) is 3.93. The molecule has 1 aromatic carbocycles. The molecule has 0 aromatic heterocycles. The fourth-order valence-electron chi connectivity index (χ4n) is 3.30. The number of allylic oxidation sites excluding steroid dienone is 1. The Kier molecular flexibility index (Phi) is 5.32. The minimum absolute atomic E-state index is 0.0336. The second-order valence-electron chi connectivity index (χ2n) is 6.28. The Labute approximate surface area is 155 Å². The number of benzene rings is 1. The number of esters is 1. The third-order valence-electron chi connectivity index (χ3n) is 4.57. The number of hydrogen-bond donors (Lipinski definition) is 2. The summed E-state index contributed by atoms with van der Waals surface area (Å²) >= 11 is 3.45. The lowest BCUT2D eigenvalue weighted by molar-refractivity contribution is -0.144. The zero-order chi connectivity index (χ0) is 18.0. The number of amides is 2. The summed E-state index contributed by atoms with van der Waals surface area (Å²) in [4.78, 5) is 24.7. The van der Waals surface area contributed by atoms with Crippen molar-refractivity contribution in [3.63, 3.8) is 0 Å². The van der Waals surface area contributed by atoms with E-state index in [4.69, 9.17) is 9.47 Å². The summed E-state index contributed by atoms with van der Waals surface area (Å²) in [7, 11) is 1.58. The topological polar surface area (TPSA) is 76.7 Å². The smallest absolute Gasteiger partial charge is 0.338 e. The average molecular weight is 409 g/mol. The maximum absolute atomic E-state index is 12.8. The monoisotopic (exact) mass is 408 g/mol. The van der Waals surface area contributed by atoms with Crippen molar-refractivity contribution in [1.82, 2.24) is 10.6 Å². The van der Waals surface area contributed by atoms with Crippen LogP contribution in [0.15, 0.2) is 33.9 Å². The first-order valence-electron chi connectivity index (χ1n) is 8.32. The second kappa shape index (κ2) is 7.47. The molecule has 1 saturated carbocycles. The average Bonchev–Trinajstić information content (AvgIpc) is 3.06. The lowest BCUT2D eigenvalue weighted by Gasteiger charge is -2.29. The summed E-state index contributed by atoms with van der Waals surface area (Å²) in [5.41, 5.74) is 1.73. The molecule has 0 bridgehead atoms. The standard InChI is InChI=1S/C18H21BrN2O4/c1-10-15(17(22)25-12-5-3-4-6-12)16(21-18(23)20-10)11-7-8-14(24-2)13(19)9-11/h7-9,12,16H,3-6H2,1-2H3,(H2,20,21,23). The number of urea groups is 1. The number of methoxy groups -OCH3 is 1. The fourth-order valence-corrected chi connectivity index (χ4v) is 3.86. The predicted molar refractivity (Wildman–Crippen MR) is 96.2 cm³/mol. The van der Waals surface area contributed by atoms with Crippen LogP contribution in [-0.4, -0.2) is 25.2 Å². The molecule has 25 heavy (non-hydrogen) atoms. The van der Waals surface area contributed by atoms with Crippen molar-refractivity contribution in [2.24, 2.45) is 0 Å². The Morgan fingerprint density at radius 1 is 1.28 bits per heavy atom. The third-order valence-corrected chi connectivity index (χ3v) is 5.19. The zero-order valence-corrected chi connectivity index (χ0v) is 15.8. The van der Waals surface area contributed by atoms with E-state index in [-0.39, 0.29) is 18.1 Å². The van der Waals surface area contributed by atoms with Gasteiger partial charge >= 0.3 is 12.0 Å². The molecule has 3 rings (SSSR count). The minimum atomic E-state index is -0.565. The third kappa shape index (κ3) is 3.81. The van der Waals surface area contributed by atoms with Crippen LogP contribution in [0.4, 0.5) is 4.79 Å². The van der Waals surface area contributed by atoms with Crippen LogP contribution in [0.25, 0.3) is 0 Å². The highest BCUT2D eigenvalue weighted by molar-refractivity contribution is 9.10. The van der Waals surface area contributed by atoms with E-state index in [1.165, 1.54) is 0 Å². The Morgan fingerprint density at radius 3 is 2.64 bits per heavy atom. The highest BCUT2D eigenvalue weighted by atomic mass is 79.9. The van der Waals surface area contributed by atoms with Gasteiger partial charge in [-0.1, -0.05) is 6.07 Å². The number of carbonyl (C=O) groups excluding carboxylic acids is 2. The molecule has 0 radical (unpaired) electrons. The van der Waals surface area contributed by atoms with Crippen LogP contribution in [0.3, 0.4) is 0 Å². The molecule has 1 fully saturated rings. The van der Waals surface area contributed by atoms with Crippen LogP contribution < -0.4 is 15.4 Å². The maximum atomic E-state index is 12.8. The zero-order valence-electron chi connectivity index (χ0n) is 14.2. The summed E-state index contributed by atoms with van der Waals surface area (Å²) in [6.45, 7) is 1.72. The molecular formula is C18H21BrN2O4. The van der Waals surface area contributed by atoms with E-state index in [0.717, 1.165) is 35.7 Å². The van der Waals surface area contributed by atoms with Crippen LogP contribution in [0.2, 0.25) is 0 Å². The van der Waals surface area contributed by atoms with Crippen LogP contribution in [0, 0.1) is 0 Å². The number of carbonyl (C=O) groups is 2. The van der Waals surface area contributed by atoms with Crippen molar-refractivity contribution in [3.8, 4) is 5.75 Å². The summed E-state index contributed by atoms with van der Waals surface area (Å²) < 4.78 is 11.7. The number of nitrogens with one attached hydrogen (secondary N) is 2. The maximum Gasteiger partial charge on any atom is 0.338 e. The first kappa shape index (κ1) is 17.8. The Balaban J connectivity index is 1.91. The van der Waals surface area contributed by atoms with E-state index in [1.54, 1.807) is 20.1 Å². The van der Waals surface area contributed by atoms with E-state index in [1.807, 2.05) is 12.1 Å². The van der Waals surface area contributed by atoms with E-state index < -0.39 is 6.04 Å². The van der Waals surface area contributed by atoms with Crippen LogP contribution in [0.5, 0.6) is 5.75 Å². The van der Waals surface area contributed by atoms with E-state index in [2.05, 4.69) is 26.6 Å². The molecule has 1 atom stereocenters. The molecule has 0 spiro atoms. The van der Waals surface area contributed by atoms with Gasteiger partial charge in [-0.2, -0.15) is 0 Å². The summed E-state index contributed by atoms with van der Waals surface area (Å²) in [5.74, 6) is 0.300. The van der Waals surface area contributed by atoms with E-state index in [0.29, 0.717) is 17.0 Å². The molecule has 2 amide bonds. The van der Waals surface area contributed by atoms with Gasteiger partial charge in [0.2, 0.25) is 0 Å².